The summed E-state index contributed by atoms with van der Waals surface area (Å²) in [6.45, 7) is 3.80. The molecule has 1 N–H and O–H groups in total. The third-order valence-corrected chi connectivity index (χ3v) is 5.75. The number of carbonyl (C=O) groups is 2. The molecule has 6 nitrogen and oxygen atoms in total. The van der Waals surface area contributed by atoms with Gasteiger partial charge in [-0.1, -0.05) is 42.8 Å². The summed E-state index contributed by atoms with van der Waals surface area (Å²) in [5.41, 5.74) is 2.53. The number of benzene rings is 2. The zero-order valence-corrected chi connectivity index (χ0v) is 18.9. The Labute approximate surface area is 190 Å². The van der Waals surface area contributed by atoms with E-state index in [0.717, 1.165) is 23.2 Å². The van der Waals surface area contributed by atoms with Gasteiger partial charge in [0.15, 0.2) is 11.0 Å². The van der Waals surface area contributed by atoms with Gasteiger partial charge >= 0.3 is 0 Å². The molecule has 0 aliphatic carbocycles. The highest BCUT2D eigenvalue weighted by Gasteiger charge is 2.35. The van der Waals surface area contributed by atoms with Crippen LogP contribution in [0.25, 0.3) is 6.08 Å². The SMILES string of the molecule is CCCN=C1SC(=Cc2ccc(OCC(=O)CO)c(Cl)c2)C(=O)N1c1ccccc1C. The number of ether oxygens (including phenoxy) is 1. The Hall–Kier alpha value is -2.61. The lowest BCUT2D eigenvalue weighted by Crippen LogP contribution is -2.29. The molecule has 2 aromatic carbocycles. The van der Waals surface area contributed by atoms with Crippen molar-refractivity contribution in [2.24, 2.45) is 4.99 Å². The number of nitrogens with zero attached hydrogens (tertiary/aromatic N) is 2. The Kier molecular flexibility index (Phi) is 7.90. The van der Waals surface area contributed by atoms with E-state index in [1.807, 2.05) is 38.1 Å². The number of ketones is 1. The van der Waals surface area contributed by atoms with E-state index in [9.17, 15) is 9.59 Å². The number of amides is 1. The summed E-state index contributed by atoms with van der Waals surface area (Å²) in [5.74, 6) is -0.243. The first-order valence-electron chi connectivity index (χ1n) is 9.83. The van der Waals surface area contributed by atoms with Gasteiger partial charge in [0.1, 0.15) is 19.0 Å². The minimum atomic E-state index is -0.583. The van der Waals surface area contributed by atoms with E-state index < -0.39 is 12.4 Å². The van der Waals surface area contributed by atoms with E-state index in [0.29, 0.717) is 27.4 Å². The van der Waals surface area contributed by atoms with Crippen LogP contribution in [0.5, 0.6) is 5.75 Å². The number of hydrogen-bond acceptors (Lipinski definition) is 6. The number of thioether (sulfide) groups is 1. The first-order valence-corrected chi connectivity index (χ1v) is 11.0. The third kappa shape index (κ3) is 5.55. The fraction of sp³-hybridized carbons (Fsp3) is 0.261. The topological polar surface area (TPSA) is 79.2 Å². The average molecular weight is 459 g/mol. The molecular formula is C23H23ClN2O4S. The largest absolute Gasteiger partial charge is 0.484 e. The minimum Gasteiger partial charge on any atom is -0.484 e. The van der Waals surface area contributed by atoms with Crippen LogP contribution in [0.1, 0.15) is 24.5 Å². The van der Waals surface area contributed by atoms with Crippen molar-refractivity contribution < 1.29 is 19.4 Å². The van der Waals surface area contributed by atoms with Crippen molar-refractivity contribution in [1.29, 1.82) is 0 Å². The van der Waals surface area contributed by atoms with Crippen LogP contribution in [-0.4, -0.2) is 41.7 Å². The van der Waals surface area contributed by atoms with Crippen molar-refractivity contribution >= 4 is 52.0 Å². The summed E-state index contributed by atoms with van der Waals surface area (Å²) in [5, 5.41) is 9.75. The zero-order chi connectivity index (χ0) is 22.4. The number of aryl methyl sites for hydroxylation is 1. The van der Waals surface area contributed by atoms with Crippen LogP contribution in [0.2, 0.25) is 5.02 Å². The highest BCUT2D eigenvalue weighted by molar-refractivity contribution is 8.19. The molecular weight excluding hydrogens is 436 g/mol. The molecule has 1 aliphatic heterocycles. The first-order chi connectivity index (χ1) is 14.9. The van der Waals surface area contributed by atoms with Gasteiger partial charge in [0.05, 0.1) is 15.6 Å². The van der Waals surface area contributed by atoms with Crippen LogP contribution in [0.4, 0.5) is 5.69 Å². The Morgan fingerprint density at radius 1 is 1.29 bits per heavy atom. The van der Waals surface area contributed by atoms with Crippen molar-refractivity contribution in [2.75, 3.05) is 24.7 Å². The average Bonchev–Trinajstić information content (AvgIpc) is 3.06. The molecule has 0 aromatic heterocycles. The monoisotopic (exact) mass is 458 g/mol. The normalized spacial score (nSPS) is 16.4. The number of aliphatic hydroxyl groups excluding tert-OH is 1. The quantitative estimate of drug-likeness (QED) is 0.590. The van der Waals surface area contributed by atoms with Crippen LogP contribution < -0.4 is 9.64 Å². The first kappa shape index (κ1) is 23.1. The summed E-state index contributed by atoms with van der Waals surface area (Å²) < 4.78 is 5.32. The van der Waals surface area contributed by atoms with Crippen molar-refractivity contribution in [3.63, 3.8) is 0 Å². The number of anilines is 1. The van der Waals surface area contributed by atoms with Gasteiger partial charge in [-0.05, 0) is 60.5 Å². The third-order valence-electron chi connectivity index (χ3n) is 4.45. The molecule has 1 aliphatic rings. The summed E-state index contributed by atoms with van der Waals surface area (Å²) >= 11 is 7.60. The van der Waals surface area contributed by atoms with Gasteiger partial charge < -0.3 is 9.84 Å². The predicted octanol–water partition coefficient (Wildman–Crippen LogP) is 4.48. The second-order valence-electron chi connectivity index (χ2n) is 6.88. The molecule has 2 aromatic rings. The van der Waals surface area contributed by atoms with E-state index in [1.54, 1.807) is 29.2 Å². The number of aliphatic hydroxyl groups is 1. The van der Waals surface area contributed by atoms with E-state index in [-0.39, 0.29) is 12.5 Å². The maximum absolute atomic E-state index is 13.2. The predicted molar refractivity (Wildman–Crippen MR) is 126 cm³/mol. The standard InChI is InChI=1S/C23H23ClN2O4S/c1-3-10-25-23-26(19-7-5-4-6-15(19)2)22(29)21(31-23)12-16-8-9-20(18(24)11-16)30-14-17(28)13-27/h4-9,11-12,27H,3,10,13-14H2,1-2H3. The molecule has 0 radical (unpaired) electrons. The number of aliphatic imine (C=N–C) groups is 1. The number of halogens is 1. The van der Waals surface area contributed by atoms with E-state index in [1.165, 1.54) is 11.8 Å². The van der Waals surface area contributed by atoms with Gasteiger partial charge in [-0.3, -0.25) is 19.5 Å². The van der Waals surface area contributed by atoms with Crippen LogP contribution in [-0.2, 0) is 9.59 Å². The Morgan fingerprint density at radius 2 is 2.06 bits per heavy atom. The van der Waals surface area contributed by atoms with Crippen molar-refractivity contribution in [1.82, 2.24) is 0 Å². The fourth-order valence-electron chi connectivity index (χ4n) is 2.89. The van der Waals surface area contributed by atoms with E-state index in [4.69, 9.17) is 21.4 Å². The van der Waals surface area contributed by atoms with Crippen molar-refractivity contribution in [2.45, 2.75) is 20.3 Å². The Morgan fingerprint density at radius 3 is 2.74 bits per heavy atom. The maximum atomic E-state index is 13.2. The van der Waals surface area contributed by atoms with Gasteiger partial charge in [-0.2, -0.15) is 0 Å². The fourth-order valence-corrected chi connectivity index (χ4v) is 4.13. The molecule has 8 heteroatoms. The van der Waals surface area contributed by atoms with Crippen LogP contribution in [0, 0.1) is 6.92 Å². The van der Waals surface area contributed by atoms with Gasteiger partial charge in [-0.15, -0.1) is 0 Å². The molecule has 1 heterocycles. The lowest BCUT2D eigenvalue weighted by Gasteiger charge is -2.17. The molecule has 0 atom stereocenters. The molecule has 1 amide bonds. The smallest absolute Gasteiger partial charge is 0.271 e. The van der Waals surface area contributed by atoms with Crippen molar-refractivity contribution in [3.05, 3.63) is 63.5 Å². The lowest BCUT2D eigenvalue weighted by molar-refractivity contribution is -0.123. The Bertz CT molecular complexity index is 1050. The minimum absolute atomic E-state index is 0.140. The molecule has 31 heavy (non-hydrogen) atoms. The number of amidine groups is 1. The molecule has 0 saturated carbocycles. The highest BCUT2D eigenvalue weighted by Crippen LogP contribution is 2.38. The van der Waals surface area contributed by atoms with E-state index >= 15 is 0 Å². The summed E-state index contributed by atoms with van der Waals surface area (Å²) in [7, 11) is 0. The summed E-state index contributed by atoms with van der Waals surface area (Å²) in [6.07, 6.45) is 2.65. The molecule has 0 spiro atoms. The number of hydrogen-bond donors (Lipinski definition) is 1. The second-order valence-corrected chi connectivity index (χ2v) is 8.29. The Balaban J connectivity index is 1.88. The molecule has 0 unspecified atom stereocenters. The van der Waals surface area contributed by atoms with Crippen LogP contribution >= 0.6 is 23.4 Å². The molecule has 1 fully saturated rings. The summed E-state index contributed by atoms with van der Waals surface area (Å²) in [4.78, 5) is 31.3. The second kappa shape index (κ2) is 10.6. The molecule has 1 saturated heterocycles. The number of rotatable bonds is 8. The van der Waals surface area contributed by atoms with Crippen molar-refractivity contribution in [3.8, 4) is 5.75 Å². The van der Waals surface area contributed by atoms with Crippen LogP contribution in [0.3, 0.4) is 0 Å². The van der Waals surface area contributed by atoms with Crippen LogP contribution in [0.15, 0.2) is 52.4 Å². The summed E-state index contributed by atoms with van der Waals surface area (Å²) in [6, 6.07) is 12.8. The zero-order valence-electron chi connectivity index (χ0n) is 17.3. The van der Waals surface area contributed by atoms with Gasteiger partial charge in [-0.25, -0.2) is 0 Å². The lowest BCUT2D eigenvalue weighted by atomic mass is 10.1. The number of Topliss-reactive ketones (excluding diaryl/α,β-unsaturated/α-hetero) is 1. The van der Waals surface area contributed by atoms with E-state index in [2.05, 4.69) is 4.99 Å². The number of para-hydroxylation sites is 1. The van der Waals surface area contributed by atoms with Gasteiger partial charge in [0.2, 0.25) is 0 Å². The molecule has 162 valence electrons. The molecule has 3 rings (SSSR count). The molecule has 0 bridgehead atoms. The van der Waals surface area contributed by atoms with Gasteiger partial charge in [0.25, 0.3) is 5.91 Å². The van der Waals surface area contributed by atoms with Gasteiger partial charge in [0, 0.05) is 6.54 Å². The maximum Gasteiger partial charge on any atom is 0.271 e. The number of carbonyl (C=O) groups excluding carboxylic acids is 2. The highest BCUT2D eigenvalue weighted by atomic mass is 35.5.